The minimum atomic E-state index is 0.411. The largest absolute Gasteiger partial charge is 0.388 e. The number of hydrogen-bond donors (Lipinski definition) is 2. The van der Waals surface area contributed by atoms with Crippen LogP contribution in [0.1, 0.15) is 174 Å². The molecular weight excluding hydrogens is 641 g/mol. The minimum Gasteiger partial charge on any atom is -0.388 e. The second-order valence-electron chi connectivity index (χ2n) is 16.1. The van der Waals surface area contributed by atoms with Gasteiger partial charge in [-0.25, -0.2) is 0 Å². The molecule has 2 nitrogen and oxygen atoms in total. The van der Waals surface area contributed by atoms with Crippen LogP contribution >= 0.6 is 0 Å². The van der Waals surface area contributed by atoms with E-state index >= 15 is 0 Å². The highest BCUT2D eigenvalue weighted by Crippen LogP contribution is 2.51. The lowest BCUT2D eigenvalue weighted by atomic mass is 9.56. The van der Waals surface area contributed by atoms with E-state index in [1.165, 1.54) is 69.6 Å². The Morgan fingerprint density at radius 2 is 1.42 bits per heavy atom. The van der Waals surface area contributed by atoms with Gasteiger partial charge >= 0.3 is 0 Å². The molecule has 2 aliphatic carbocycles. The molecule has 0 aliphatic heterocycles. The van der Waals surface area contributed by atoms with Crippen LogP contribution in [0.2, 0.25) is 0 Å². The van der Waals surface area contributed by atoms with Gasteiger partial charge in [0.1, 0.15) is 0 Å². The third-order valence-corrected chi connectivity index (χ3v) is 8.50. The van der Waals surface area contributed by atoms with Crippen LogP contribution in [0, 0.1) is 40.9 Å². The topological polar surface area (TPSA) is 38.0 Å². The number of unbranched alkanes of at least 4 members (excludes halogenated alkanes) is 1. The van der Waals surface area contributed by atoms with Crippen molar-refractivity contribution in [3.05, 3.63) is 98.3 Å². The van der Waals surface area contributed by atoms with Gasteiger partial charge in [0, 0.05) is 12.7 Å². The molecule has 2 rings (SSSR count). The fourth-order valence-electron chi connectivity index (χ4n) is 5.82. The van der Waals surface area contributed by atoms with E-state index < -0.39 is 0 Å². The van der Waals surface area contributed by atoms with Crippen molar-refractivity contribution in [1.82, 2.24) is 5.32 Å². The zero-order valence-electron chi connectivity index (χ0n) is 39.5. The van der Waals surface area contributed by atoms with Gasteiger partial charge in [-0.1, -0.05) is 190 Å². The van der Waals surface area contributed by atoms with Crippen molar-refractivity contribution in [2.45, 2.75) is 174 Å². The van der Waals surface area contributed by atoms with Crippen LogP contribution in [0.5, 0.6) is 0 Å². The van der Waals surface area contributed by atoms with Crippen molar-refractivity contribution in [3.8, 4) is 0 Å². The van der Waals surface area contributed by atoms with E-state index in [1.807, 2.05) is 46.9 Å². The second-order valence-corrected chi connectivity index (χ2v) is 16.1. The quantitative estimate of drug-likeness (QED) is 0.137. The molecule has 0 aromatic carbocycles. The van der Waals surface area contributed by atoms with Gasteiger partial charge in [0.15, 0.2) is 0 Å². The molecule has 2 heteroatoms. The molecule has 0 saturated heterocycles. The highest BCUT2D eigenvalue weighted by atomic mass is 14.8. The summed E-state index contributed by atoms with van der Waals surface area (Å²) < 4.78 is 0. The average Bonchev–Trinajstić information content (AvgIpc) is 3.08. The summed E-state index contributed by atoms with van der Waals surface area (Å²) in [6.07, 6.45) is 26.5. The van der Waals surface area contributed by atoms with Crippen LogP contribution in [-0.2, 0) is 0 Å². The van der Waals surface area contributed by atoms with Gasteiger partial charge < -0.3 is 11.1 Å². The predicted octanol–water partition coefficient (Wildman–Crippen LogP) is 16.7. The summed E-state index contributed by atoms with van der Waals surface area (Å²) in [6, 6.07) is 0. The molecule has 3 unspecified atom stereocenters. The molecular formula is C51H100N2. The van der Waals surface area contributed by atoms with Crippen LogP contribution in [-0.4, -0.2) is 14.1 Å². The van der Waals surface area contributed by atoms with Gasteiger partial charge in [-0.3, -0.25) is 0 Å². The maximum Gasteiger partial charge on any atom is 0.0288 e. The molecule has 1 fully saturated rings. The summed E-state index contributed by atoms with van der Waals surface area (Å²) in [5.41, 5.74) is 9.73. The summed E-state index contributed by atoms with van der Waals surface area (Å²) in [5, 5.41) is 2.87. The first-order valence-corrected chi connectivity index (χ1v) is 21.3. The number of hydrogen-bond acceptors (Lipinski definition) is 2. The standard InChI is InChI=1S/C20H38.C9H12.C6H11N.C6H12.C4H10.C3H6.C2H6.CH5N/c1-8-10-12-16(4)18(15(3)9-2)19(20(5,6)7)17-13-11-14-17;1-2-6-9-7-4-3-5-8-9;1-5(2)6(3)7-4;1-4-5-6(2)3;1-4(2)3;1-3-2;2*1-2/h16-19H,3,8-14H2,1-2,4-7H3;2,4,7-8H,1,3,5-6H2;7H,1,3H2,2,4H3;4,6H,1,5H2,2-3H3;4H,1-3H3;3H,1H2,2H3;1-2H3;2H2,1H3. The minimum absolute atomic E-state index is 0.411. The molecule has 0 bridgehead atoms. The smallest absolute Gasteiger partial charge is 0.0288 e. The molecule has 0 aromatic rings. The monoisotopic (exact) mass is 741 g/mol. The van der Waals surface area contributed by atoms with Crippen molar-refractivity contribution < 1.29 is 0 Å². The Bertz CT molecular complexity index is 914. The molecule has 0 amide bonds. The van der Waals surface area contributed by atoms with Crippen LogP contribution < -0.4 is 11.1 Å². The van der Waals surface area contributed by atoms with Gasteiger partial charge in [-0.2, -0.15) is 0 Å². The van der Waals surface area contributed by atoms with Crippen LogP contribution in [0.3, 0.4) is 0 Å². The molecule has 3 N–H and O–H groups in total. The third-order valence-electron chi connectivity index (χ3n) is 8.50. The van der Waals surface area contributed by atoms with E-state index in [9.17, 15) is 0 Å². The third kappa shape index (κ3) is 42.3. The Labute approximate surface area is 337 Å². The van der Waals surface area contributed by atoms with E-state index in [2.05, 4.69) is 145 Å². The number of nitrogens with two attached hydrogens (primary N) is 1. The summed E-state index contributed by atoms with van der Waals surface area (Å²) >= 11 is 0. The zero-order valence-corrected chi connectivity index (χ0v) is 39.5. The molecule has 0 radical (unpaired) electrons. The number of allylic oxidation sites excluding steroid dienone is 9. The lowest BCUT2D eigenvalue weighted by molar-refractivity contribution is 0.0330. The molecule has 53 heavy (non-hydrogen) atoms. The first-order chi connectivity index (χ1) is 24.9. The normalized spacial score (nSPS) is 14.1. The zero-order chi connectivity index (χ0) is 43.0. The molecule has 3 atom stereocenters. The van der Waals surface area contributed by atoms with Gasteiger partial charge in [-0.05, 0) is 105 Å². The maximum atomic E-state index is 4.50. The Morgan fingerprint density at radius 3 is 1.64 bits per heavy atom. The Morgan fingerprint density at radius 1 is 0.925 bits per heavy atom. The van der Waals surface area contributed by atoms with E-state index in [1.54, 1.807) is 6.08 Å². The lowest BCUT2D eigenvalue weighted by Crippen LogP contribution is -2.41. The fraction of sp³-hybridized carbons (Fsp3) is 0.686. The number of likely N-dealkylation sites (N-methyl/N-ethyl adjacent to an activating group) is 1. The number of nitrogens with one attached hydrogen (secondary N) is 1. The summed E-state index contributed by atoms with van der Waals surface area (Å²) in [6.45, 7) is 55.6. The van der Waals surface area contributed by atoms with E-state index in [0.717, 1.165) is 66.0 Å². The number of rotatable bonds is 14. The summed E-state index contributed by atoms with van der Waals surface area (Å²) in [5.74, 6) is 4.93. The van der Waals surface area contributed by atoms with E-state index in [0.29, 0.717) is 5.41 Å². The van der Waals surface area contributed by atoms with E-state index in [4.69, 9.17) is 0 Å². The molecule has 314 valence electrons. The van der Waals surface area contributed by atoms with Crippen molar-refractivity contribution in [2.24, 2.45) is 46.7 Å². The van der Waals surface area contributed by atoms with Crippen LogP contribution in [0.25, 0.3) is 0 Å². The fourth-order valence-corrected chi connectivity index (χ4v) is 5.82. The summed E-state index contributed by atoms with van der Waals surface area (Å²) in [4.78, 5) is 0. The van der Waals surface area contributed by atoms with Crippen molar-refractivity contribution in [1.29, 1.82) is 0 Å². The molecule has 0 aromatic heterocycles. The van der Waals surface area contributed by atoms with Gasteiger partial charge in [0.2, 0.25) is 0 Å². The second kappa shape index (κ2) is 44.1. The summed E-state index contributed by atoms with van der Waals surface area (Å²) in [7, 11) is 3.33. The highest BCUT2D eigenvalue weighted by Gasteiger charge is 2.42. The lowest BCUT2D eigenvalue weighted by Gasteiger charge is -2.49. The Kier molecular flexibility index (Phi) is 52.1. The SMILES string of the molecule is C=C(C)C(=C)NC.C=C(CC)C(C(C)CCCC)C(C1CCC1)C(C)(C)C.C=CC.C=CCC(C)C.C=CCC1=CCCC=C1.CC.CC(C)C.CN. The average molecular weight is 741 g/mol. The highest BCUT2D eigenvalue weighted by molar-refractivity contribution is 5.23. The predicted molar refractivity (Wildman–Crippen MR) is 254 cm³/mol. The maximum absolute atomic E-state index is 4.50. The molecule has 0 spiro atoms. The van der Waals surface area contributed by atoms with Gasteiger partial charge in [0.05, 0.1) is 0 Å². The van der Waals surface area contributed by atoms with Crippen molar-refractivity contribution in [3.63, 3.8) is 0 Å². The van der Waals surface area contributed by atoms with E-state index in [-0.39, 0.29) is 0 Å². The van der Waals surface area contributed by atoms with Gasteiger partial charge in [-0.15, -0.1) is 19.7 Å². The molecule has 0 heterocycles. The van der Waals surface area contributed by atoms with Crippen molar-refractivity contribution >= 4 is 0 Å². The van der Waals surface area contributed by atoms with Crippen LogP contribution in [0.4, 0.5) is 0 Å². The van der Waals surface area contributed by atoms with Gasteiger partial charge in [0.25, 0.3) is 0 Å². The first kappa shape index (κ1) is 62.7. The Balaban J connectivity index is -0.000000140. The first-order valence-electron chi connectivity index (χ1n) is 21.3. The van der Waals surface area contributed by atoms with Crippen molar-refractivity contribution in [2.75, 3.05) is 14.1 Å². The molecule has 1 saturated carbocycles. The molecule has 2 aliphatic rings. The van der Waals surface area contributed by atoms with Crippen LogP contribution in [0.15, 0.2) is 98.3 Å². The Hall–Kier alpha value is -2.32.